The van der Waals surface area contributed by atoms with Gasteiger partial charge in [-0.05, 0) is 7.05 Å². The van der Waals surface area contributed by atoms with Crippen molar-refractivity contribution >= 4 is 0 Å². The molecule has 0 saturated heterocycles. The third kappa shape index (κ3) is 5.75. The molecule has 0 bridgehead atoms. The van der Waals surface area contributed by atoms with Crippen molar-refractivity contribution in [2.24, 2.45) is 0 Å². The van der Waals surface area contributed by atoms with E-state index in [2.05, 4.69) is 27.2 Å². The summed E-state index contributed by atoms with van der Waals surface area (Å²) in [5.41, 5.74) is 1.14. The van der Waals surface area contributed by atoms with Crippen molar-refractivity contribution in [3.63, 3.8) is 0 Å². The predicted molar refractivity (Wildman–Crippen MR) is 63.1 cm³/mol. The lowest BCUT2D eigenvalue weighted by atomic mass is 10.3. The molecule has 0 saturated carbocycles. The van der Waals surface area contributed by atoms with Gasteiger partial charge >= 0.3 is 0 Å². The van der Waals surface area contributed by atoms with Gasteiger partial charge < -0.3 is 15.0 Å². The third-order valence-electron chi connectivity index (χ3n) is 2.22. The van der Waals surface area contributed by atoms with E-state index in [1.807, 2.05) is 12.4 Å². The highest BCUT2D eigenvalue weighted by atomic mass is 16.5. The summed E-state index contributed by atoms with van der Waals surface area (Å²) in [6.45, 7) is 4.51. The second-order valence-corrected chi connectivity index (χ2v) is 3.73. The van der Waals surface area contributed by atoms with E-state index in [4.69, 9.17) is 4.74 Å². The Morgan fingerprint density at radius 2 is 2.06 bits per heavy atom. The minimum absolute atomic E-state index is 0.760. The molecule has 0 radical (unpaired) electrons. The monoisotopic (exact) mass is 224 g/mol. The van der Waals surface area contributed by atoms with E-state index in [0.29, 0.717) is 0 Å². The van der Waals surface area contributed by atoms with Gasteiger partial charge in [-0.15, -0.1) is 0 Å². The molecule has 0 aromatic carbocycles. The highest BCUT2D eigenvalue weighted by Gasteiger charge is 1.99. The molecule has 0 spiro atoms. The van der Waals surface area contributed by atoms with Crippen LogP contribution in [0.1, 0.15) is 5.56 Å². The number of methoxy groups -OCH3 is 1. The molecule has 0 aliphatic carbocycles. The lowest BCUT2D eigenvalue weighted by Gasteiger charge is -2.16. The summed E-state index contributed by atoms with van der Waals surface area (Å²) >= 11 is 0. The van der Waals surface area contributed by atoms with Crippen molar-refractivity contribution in [3.05, 3.63) is 24.3 Å². The zero-order chi connectivity index (χ0) is 11.6. The van der Waals surface area contributed by atoms with Crippen LogP contribution in [0.3, 0.4) is 0 Å². The van der Waals surface area contributed by atoms with Crippen LogP contribution in [0.5, 0.6) is 0 Å². The molecule has 5 nitrogen and oxygen atoms in total. The Hall–Kier alpha value is -1.04. The maximum absolute atomic E-state index is 4.95. The van der Waals surface area contributed by atoms with Crippen LogP contribution in [0.25, 0.3) is 0 Å². The Morgan fingerprint density at radius 1 is 1.31 bits per heavy atom. The van der Waals surface area contributed by atoms with Crippen molar-refractivity contribution in [2.45, 2.75) is 6.54 Å². The quantitative estimate of drug-likeness (QED) is 0.637. The largest absolute Gasteiger partial charge is 0.383 e. The topological polar surface area (TPSA) is 50.3 Å². The summed E-state index contributed by atoms with van der Waals surface area (Å²) in [5, 5.41) is 3.31. The molecule has 1 aromatic rings. The first-order valence-corrected chi connectivity index (χ1v) is 5.45. The normalized spacial score (nSPS) is 10.9. The number of likely N-dealkylation sites (N-methyl/N-ethyl adjacent to an activating group) is 1. The molecule has 1 aromatic heterocycles. The average Bonchev–Trinajstić information content (AvgIpc) is 2.30. The fraction of sp³-hybridized carbons (Fsp3) is 0.636. The highest BCUT2D eigenvalue weighted by molar-refractivity contribution is 5.01. The van der Waals surface area contributed by atoms with Gasteiger partial charge in [-0.3, -0.25) is 0 Å². The first-order valence-electron chi connectivity index (χ1n) is 5.45. The molecule has 16 heavy (non-hydrogen) atoms. The summed E-state index contributed by atoms with van der Waals surface area (Å²) in [6.07, 6.45) is 5.25. The number of aromatic nitrogens is 2. The summed E-state index contributed by atoms with van der Waals surface area (Å²) < 4.78 is 4.95. The Morgan fingerprint density at radius 3 is 2.75 bits per heavy atom. The number of hydrogen-bond acceptors (Lipinski definition) is 5. The van der Waals surface area contributed by atoms with Gasteiger partial charge in [0.2, 0.25) is 0 Å². The van der Waals surface area contributed by atoms with Crippen molar-refractivity contribution in [2.75, 3.05) is 40.4 Å². The summed E-state index contributed by atoms with van der Waals surface area (Å²) in [5.74, 6) is 0. The molecule has 1 heterocycles. The Bertz CT molecular complexity index is 268. The van der Waals surface area contributed by atoms with Crippen LogP contribution >= 0.6 is 0 Å². The van der Waals surface area contributed by atoms with Crippen LogP contribution in [0.15, 0.2) is 18.7 Å². The van der Waals surface area contributed by atoms with E-state index in [0.717, 1.165) is 38.3 Å². The van der Waals surface area contributed by atoms with Gasteiger partial charge in [0.25, 0.3) is 0 Å². The van der Waals surface area contributed by atoms with Gasteiger partial charge in [0.05, 0.1) is 6.61 Å². The molecule has 0 amide bonds. The van der Waals surface area contributed by atoms with E-state index >= 15 is 0 Å². The first-order chi connectivity index (χ1) is 7.83. The van der Waals surface area contributed by atoms with Gasteiger partial charge in [-0.2, -0.15) is 0 Å². The Labute approximate surface area is 96.8 Å². The minimum atomic E-state index is 0.760. The molecule has 0 fully saturated rings. The number of ether oxygens (including phenoxy) is 1. The predicted octanol–water partition coefficient (Wildman–Crippen LogP) is 0.144. The van der Waals surface area contributed by atoms with E-state index in [9.17, 15) is 0 Å². The van der Waals surface area contributed by atoms with Crippen LogP contribution in [-0.4, -0.2) is 55.3 Å². The van der Waals surface area contributed by atoms with Gasteiger partial charge in [-0.25, -0.2) is 9.97 Å². The fourth-order valence-electron chi connectivity index (χ4n) is 1.37. The Kier molecular flexibility index (Phi) is 6.64. The number of nitrogens with one attached hydrogen (secondary N) is 1. The maximum Gasteiger partial charge on any atom is 0.115 e. The number of rotatable bonds is 8. The SMILES string of the molecule is COCCNCCN(C)Cc1cncnc1. The standard InChI is InChI=1S/C11H20N4O/c1-15(5-3-12-4-6-16-2)9-11-7-13-10-14-8-11/h7-8,10,12H,3-6,9H2,1-2H3. The van der Waals surface area contributed by atoms with Gasteiger partial charge in [0.15, 0.2) is 0 Å². The fourth-order valence-corrected chi connectivity index (χ4v) is 1.37. The molecule has 0 aliphatic rings. The summed E-state index contributed by atoms with van der Waals surface area (Å²) in [6, 6.07) is 0. The van der Waals surface area contributed by atoms with E-state index in [-0.39, 0.29) is 0 Å². The third-order valence-corrected chi connectivity index (χ3v) is 2.22. The van der Waals surface area contributed by atoms with Crippen molar-refractivity contribution in [3.8, 4) is 0 Å². The number of hydrogen-bond donors (Lipinski definition) is 1. The second-order valence-electron chi connectivity index (χ2n) is 3.73. The first kappa shape index (κ1) is 13.0. The molecular formula is C11H20N4O. The molecule has 1 N–H and O–H groups in total. The van der Waals surface area contributed by atoms with E-state index in [1.165, 1.54) is 0 Å². The molecule has 0 unspecified atom stereocenters. The number of nitrogens with zero attached hydrogens (tertiary/aromatic N) is 3. The lowest BCUT2D eigenvalue weighted by molar-refractivity contribution is 0.197. The van der Waals surface area contributed by atoms with Gasteiger partial charge in [-0.1, -0.05) is 0 Å². The highest BCUT2D eigenvalue weighted by Crippen LogP contribution is 1.97. The molecular weight excluding hydrogens is 204 g/mol. The summed E-state index contributed by atoms with van der Waals surface area (Å²) in [7, 11) is 3.80. The van der Waals surface area contributed by atoms with Gasteiger partial charge in [0.1, 0.15) is 6.33 Å². The van der Waals surface area contributed by atoms with E-state index < -0.39 is 0 Å². The van der Waals surface area contributed by atoms with Crippen LogP contribution in [0, 0.1) is 0 Å². The second kappa shape index (κ2) is 8.15. The van der Waals surface area contributed by atoms with E-state index in [1.54, 1.807) is 13.4 Å². The minimum Gasteiger partial charge on any atom is -0.383 e. The summed E-state index contributed by atoms with van der Waals surface area (Å²) in [4.78, 5) is 10.2. The maximum atomic E-state index is 4.95. The molecule has 1 rings (SSSR count). The van der Waals surface area contributed by atoms with Crippen molar-refractivity contribution in [1.29, 1.82) is 0 Å². The van der Waals surface area contributed by atoms with Crippen LogP contribution in [0.4, 0.5) is 0 Å². The van der Waals surface area contributed by atoms with Crippen LogP contribution in [0.2, 0.25) is 0 Å². The van der Waals surface area contributed by atoms with Crippen molar-refractivity contribution in [1.82, 2.24) is 20.2 Å². The van der Waals surface area contributed by atoms with Crippen LogP contribution in [-0.2, 0) is 11.3 Å². The molecule has 5 heteroatoms. The molecule has 0 atom stereocenters. The zero-order valence-electron chi connectivity index (χ0n) is 10.0. The zero-order valence-corrected chi connectivity index (χ0v) is 10.0. The Balaban J connectivity index is 2.09. The van der Waals surface area contributed by atoms with Crippen LogP contribution < -0.4 is 5.32 Å². The molecule has 90 valence electrons. The molecule has 0 aliphatic heterocycles. The average molecular weight is 224 g/mol. The van der Waals surface area contributed by atoms with Gasteiger partial charge in [0, 0.05) is 51.2 Å². The smallest absolute Gasteiger partial charge is 0.115 e. The lowest BCUT2D eigenvalue weighted by Crippen LogP contribution is -2.30. The van der Waals surface area contributed by atoms with Crippen molar-refractivity contribution < 1.29 is 4.74 Å².